The minimum atomic E-state index is -0.589. The van der Waals surface area contributed by atoms with Crippen LogP contribution in [0.15, 0.2) is 59.7 Å². The van der Waals surface area contributed by atoms with Gasteiger partial charge in [-0.3, -0.25) is 0 Å². The fourth-order valence-corrected chi connectivity index (χ4v) is 10.5. The number of rotatable bonds is 0. The normalized spacial score (nSPS) is 24.2. The average Bonchev–Trinajstić information content (AvgIpc) is 3.18. The third kappa shape index (κ3) is 2.28. The van der Waals surface area contributed by atoms with Gasteiger partial charge in [0.1, 0.15) is 0 Å². The van der Waals surface area contributed by atoms with Crippen molar-refractivity contribution in [3.8, 4) is 0 Å². The van der Waals surface area contributed by atoms with E-state index >= 15 is 0 Å². The Morgan fingerprint density at radius 1 is 0.750 bits per heavy atom. The minimum absolute atomic E-state index is 0.201. The molecule has 2 atom stereocenters. The van der Waals surface area contributed by atoms with Crippen molar-refractivity contribution < 1.29 is 23.2 Å². The summed E-state index contributed by atoms with van der Waals surface area (Å²) in [5.74, 6) is 0. The van der Waals surface area contributed by atoms with Gasteiger partial charge in [0.2, 0.25) is 0 Å². The predicted octanol–water partition coefficient (Wildman–Crippen LogP) is 6.24. The predicted molar refractivity (Wildman–Crippen MR) is 99.9 cm³/mol. The molecule has 0 N–H and O–H groups in total. The third-order valence-electron chi connectivity index (χ3n) is 5.63. The van der Waals surface area contributed by atoms with Crippen LogP contribution in [0.3, 0.4) is 0 Å². The second kappa shape index (κ2) is 6.12. The Bertz CT molecular complexity index is 790. The molecule has 3 aliphatic rings. The van der Waals surface area contributed by atoms with Crippen molar-refractivity contribution in [3.05, 3.63) is 81.9 Å². The molecule has 0 saturated carbocycles. The van der Waals surface area contributed by atoms with Gasteiger partial charge in [-0.25, -0.2) is 0 Å². The Balaban J connectivity index is 0.000000704. The summed E-state index contributed by atoms with van der Waals surface area (Å²) in [6.07, 6.45) is 6.47. The van der Waals surface area contributed by atoms with Gasteiger partial charge < -0.3 is 0 Å². The van der Waals surface area contributed by atoms with Crippen LogP contribution in [0, 0.1) is 5.41 Å². The van der Waals surface area contributed by atoms with Crippen LogP contribution in [0.1, 0.15) is 43.4 Å². The molecule has 1 aliphatic heterocycles. The zero-order valence-electron chi connectivity index (χ0n) is 14.3. The monoisotopic (exact) mass is 410 g/mol. The Kier molecular flexibility index (Phi) is 4.22. The second-order valence-corrected chi connectivity index (χ2v) is 10.8. The van der Waals surface area contributed by atoms with Gasteiger partial charge in [-0.15, -0.1) is 11.6 Å². The van der Waals surface area contributed by atoms with Crippen LogP contribution in [0.4, 0.5) is 0 Å². The molecule has 1 heterocycles. The minimum Gasteiger partial charge on any atom is -0.130 e. The van der Waals surface area contributed by atoms with E-state index in [1.807, 2.05) is 0 Å². The van der Waals surface area contributed by atoms with E-state index in [0.29, 0.717) is 0 Å². The summed E-state index contributed by atoms with van der Waals surface area (Å²) >= 11 is 4.05. The number of allylic oxidation sites excluding steroid dienone is 2. The van der Waals surface area contributed by atoms with Crippen molar-refractivity contribution in [2.24, 2.45) is 5.41 Å². The summed E-state index contributed by atoms with van der Waals surface area (Å²) in [6, 6.07) is 18.1. The van der Waals surface area contributed by atoms with Gasteiger partial charge in [0, 0.05) is 6.38 Å². The summed E-state index contributed by atoms with van der Waals surface area (Å²) in [5.41, 5.74) is 9.76. The van der Waals surface area contributed by atoms with Crippen molar-refractivity contribution in [1.82, 2.24) is 0 Å². The largest absolute Gasteiger partial charge is 0.130 e. The van der Waals surface area contributed by atoms with Gasteiger partial charge in [0.25, 0.3) is 0 Å². The molecule has 0 aromatic heterocycles. The van der Waals surface area contributed by atoms with Gasteiger partial charge in [0.15, 0.2) is 0 Å². The summed E-state index contributed by atoms with van der Waals surface area (Å²) in [4.78, 5) is 0. The zero-order chi connectivity index (χ0) is 16.9. The molecule has 0 spiro atoms. The topological polar surface area (TPSA) is 0 Å². The van der Waals surface area contributed by atoms with Crippen molar-refractivity contribution in [2.45, 2.75) is 21.1 Å². The van der Waals surface area contributed by atoms with E-state index in [1.54, 1.807) is 22.3 Å². The van der Waals surface area contributed by atoms with Crippen LogP contribution < -0.4 is 0 Å². The van der Waals surface area contributed by atoms with E-state index in [2.05, 4.69) is 86.1 Å². The first-order valence-corrected chi connectivity index (χ1v) is 12.0. The van der Waals surface area contributed by atoms with Crippen molar-refractivity contribution in [1.29, 1.82) is 0 Å². The fourth-order valence-electron chi connectivity index (χ4n) is 4.42. The van der Waals surface area contributed by atoms with E-state index in [4.69, 9.17) is 0 Å². The van der Waals surface area contributed by atoms with Crippen LogP contribution in [-0.2, 0) is 23.2 Å². The molecule has 1 saturated heterocycles. The maximum absolute atomic E-state index is 4.64. The molecule has 5 rings (SSSR count). The van der Waals surface area contributed by atoms with Crippen molar-refractivity contribution >= 4 is 23.8 Å². The molecule has 0 bridgehead atoms. The van der Waals surface area contributed by atoms with Crippen LogP contribution in [0.25, 0.3) is 12.2 Å². The Morgan fingerprint density at radius 3 is 1.62 bits per heavy atom. The number of hydrogen-bond acceptors (Lipinski definition) is 0. The number of alkyl halides is 1. The van der Waals surface area contributed by atoms with E-state index in [0.717, 1.165) is 7.25 Å². The second-order valence-electron chi connectivity index (χ2n) is 7.11. The molecular formula is C22H21ClZr. The zero-order valence-corrected chi connectivity index (χ0v) is 17.5. The molecule has 2 aromatic carbocycles. The van der Waals surface area contributed by atoms with Gasteiger partial charge in [-0.05, 0) is 0 Å². The first kappa shape index (κ1) is 16.6. The first-order valence-electron chi connectivity index (χ1n) is 8.42. The molecule has 0 amide bonds. The van der Waals surface area contributed by atoms with E-state index in [1.165, 1.54) is 17.5 Å². The summed E-state index contributed by atoms with van der Waals surface area (Å²) in [5, 5.41) is 0. The molecule has 0 radical (unpaired) electrons. The van der Waals surface area contributed by atoms with Crippen LogP contribution in [0.2, 0.25) is 0 Å². The average molecular weight is 412 g/mol. The number of halogens is 1. The van der Waals surface area contributed by atoms with Gasteiger partial charge >= 0.3 is 144 Å². The maximum atomic E-state index is 4.64. The summed E-state index contributed by atoms with van der Waals surface area (Å²) in [7, 11) is 0. The number of hydrogen-bond donors (Lipinski definition) is 0. The molecular weight excluding hydrogens is 391 g/mol. The smallest absolute Gasteiger partial charge is 0.0108 e. The standard InChI is InChI=1S/C21H18.CH3Cl.Zr/c1-21(2,19-11-15-7-3-4-8-16(15)12-19)20-13-17-9-5-6-10-18(17)14-20;1-2;/h3-14H,1-2H3;1H3;. The van der Waals surface area contributed by atoms with Crippen LogP contribution >= 0.6 is 11.6 Å². The Morgan fingerprint density at radius 2 is 1.17 bits per heavy atom. The molecule has 120 valence electrons. The van der Waals surface area contributed by atoms with Gasteiger partial charge in [0.05, 0.1) is 0 Å². The third-order valence-corrected chi connectivity index (χ3v) is 10.3. The molecule has 2 aliphatic carbocycles. The summed E-state index contributed by atoms with van der Waals surface area (Å²) in [6.45, 7) is 4.89. The summed E-state index contributed by atoms with van der Waals surface area (Å²) < 4.78 is 1.53. The Hall–Kier alpha value is -0.907. The first-order chi connectivity index (χ1) is 11.7. The molecule has 0 nitrogen and oxygen atoms in total. The molecule has 1 fully saturated rings. The van der Waals surface area contributed by atoms with E-state index in [-0.39, 0.29) is 5.41 Å². The maximum Gasteiger partial charge on any atom is 0.0108 e. The molecule has 24 heavy (non-hydrogen) atoms. The van der Waals surface area contributed by atoms with Crippen molar-refractivity contribution in [2.75, 3.05) is 6.38 Å². The molecule has 2 aromatic rings. The fraction of sp³-hybridized carbons (Fsp3) is 0.273. The van der Waals surface area contributed by atoms with Gasteiger partial charge in [-0.2, -0.15) is 0 Å². The molecule has 2 heteroatoms. The van der Waals surface area contributed by atoms with E-state index in [9.17, 15) is 0 Å². The van der Waals surface area contributed by atoms with Crippen LogP contribution in [-0.4, -0.2) is 6.38 Å². The number of fused-ring (bicyclic) bond motifs is 6. The SMILES string of the molecule is CC1(C)C2=Cc3ccccc3[CH]2[Zr][CH]2C1=Cc1ccccc12.CCl. The van der Waals surface area contributed by atoms with Crippen molar-refractivity contribution in [3.63, 3.8) is 0 Å². The van der Waals surface area contributed by atoms with Crippen LogP contribution in [0.5, 0.6) is 0 Å². The number of benzene rings is 2. The molecule has 2 unspecified atom stereocenters. The quantitative estimate of drug-likeness (QED) is 0.450. The Labute approximate surface area is 161 Å². The van der Waals surface area contributed by atoms with E-state index < -0.39 is 23.2 Å². The van der Waals surface area contributed by atoms with Gasteiger partial charge in [-0.1, -0.05) is 0 Å².